The van der Waals surface area contributed by atoms with Crippen LogP contribution >= 0.6 is 11.3 Å². The van der Waals surface area contributed by atoms with Gasteiger partial charge in [0.05, 0.1) is 0 Å². The van der Waals surface area contributed by atoms with Crippen LogP contribution in [0.25, 0.3) is 27.3 Å². The largest absolute Gasteiger partial charge is 0.449 e. The predicted octanol–water partition coefficient (Wildman–Crippen LogP) is 6.76. The van der Waals surface area contributed by atoms with E-state index < -0.39 is 0 Å². The molecule has 0 bridgehead atoms. The zero-order valence-electron chi connectivity index (χ0n) is 17.3. The predicted molar refractivity (Wildman–Crippen MR) is 129 cm³/mol. The van der Waals surface area contributed by atoms with Crippen molar-refractivity contribution in [2.75, 3.05) is 13.2 Å². The fraction of sp³-hybridized carbons (Fsp3) is 0.148. The summed E-state index contributed by atoms with van der Waals surface area (Å²) in [5, 5.41) is 4.12. The monoisotopic (exact) mass is 425 g/mol. The number of fused-ring (bicyclic) bond motifs is 4. The zero-order chi connectivity index (χ0) is 21.2. The van der Waals surface area contributed by atoms with Crippen LogP contribution < -0.4 is 5.32 Å². The third-order valence-electron chi connectivity index (χ3n) is 5.86. The number of rotatable bonds is 5. The number of benzene rings is 3. The number of hydrogen-bond donors (Lipinski definition) is 1. The molecule has 31 heavy (non-hydrogen) atoms. The molecule has 3 nitrogen and oxygen atoms in total. The molecule has 0 aliphatic heterocycles. The van der Waals surface area contributed by atoms with Crippen molar-refractivity contribution in [2.24, 2.45) is 0 Å². The number of carbonyl (C=O) groups excluding carboxylic acids is 1. The highest BCUT2D eigenvalue weighted by molar-refractivity contribution is 7.20. The Morgan fingerprint density at radius 2 is 1.61 bits per heavy atom. The van der Waals surface area contributed by atoms with Gasteiger partial charge >= 0.3 is 6.09 Å². The summed E-state index contributed by atoms with van der Waals surface area (Å²) in [5.74, 6) is 0.0786. The quantitative estimate of drug-likeness (QED) is 0.383. The van der Waals surface area contributed by atoms with Crippen LogP contribution in [-0.2, 0) is 4.74 Å². The van der Waals surface area contributed by atoms with Gasteiger partial charge < -0.3 is 10.1 Å². The first kappa shape index (κ1) is 19.6. The number of carbonyl (C=O) groups is 1. The second kappa shape index (κ2) is 8.40. The Hall–Kier alpha value is -3.37. The standard InChI is InChI=1S/C27H23NO2S/c1-18-19-9-6-7-14-26(19)31-25(18)15-8-16-28-27(29)30-17-24-22-12-4-2-10-20(22)21-11-3-5-13-23(21)24/h2-15,24H,16-17H2,1H3,(H,28,29). The van der Waals surface area contributed by atoms with E-state index >= 15 is 0 Å². The van der Waals surface area contributed by atoms with Crippen molar-refractivity contribution in [3.63, 3.8) is 0 Å². The average Bonchev–Trinajstić information content (AvgIpc) is 3.30. The lowest BCUT2D eigenvalue weighted by atomic mass is 9.98. The lowest BCUT2D eigenvalue weighted by Gasteiger charge is -2.14. The highest BCUT2D eigenvalue weighted by Gasteiger charge is 2.28. The average molecular weight is 426 g/mol. The molecular formula is C27H23NO2S. The van der Waals surface area contributed by atoms with Crippen LogP contribution in [0.1, 0.15) is 27.5 Å². The van der Waals surface area contributed by atoms with Crippen molar-refractivity contribution in [3.05, 3.63) is 100 Å². The molecule has 0 spiro atoms. The molecule has 0 radical (unpaired) electrons. The maximum atomic E-state index is 12.3. The van der Waals surface area contributed by atoms with Crippen molar-refractivity contribution >= 4 is 33.6 Å². The number of thiophene rings is 1. The smallest absolute Gasteiger partial charge is 0.407 e. The van der Waals surface area contributed by atoms with Gasteiger partial charge in [-0.25, -0.2) is 4.79 Å². The lowest BCUT2D eigenvalue weighted by Crippen LogP contribution is -2.26. The van der Waals surface area contributed by atoms with Crippen LogP contribution in [-0.4, -0.2) is 19.2 Å². The topological polar surface area (TPSA) is 38.3 Å². The van der Waals surface area contributed by atoms with Crippen molar-refractivity contribution in [2.45, 2.75) is 12.8 Å². The molecule has 1 N–H and O–H groups in total. The molecule has 1 aliphatic carbocycles. The van der Waals surface area contributed by atoms with E-state index in [1.54, 1.807) is 11.3 Å². The maximum Gasteiger partial charge on any atom is 0.407 e. The maximum absolute atomic E-state index is 12.3. The second-order valence-electron chi connectivity index (χ2n) is 7.70. The first-order valence-electron chi connectivity index (χ1n) is 10.5. The van der Waals surface area contributed by atoms with Crippen molar-refractivity contribution < 1.29 is 9.53 Å². The molecule has 1 aliphatic rings. The zero-order valence-corrected chi connectivity index (χ0v) is 18.1. The highest BCUT2D eigenvalue weighted by Crippen LogP contribution is 2.44. The molecule has 0 unspecified atom stereocenters. The molecule has 4 heteroatoms. The summed E-state index contributed by atoms with van der Waals surface area (Å²) in [5.41, 5.74) is 6.17. The van der Waals surface area contributed by atoms with Gasteiger partial charge in [-0.15, -0.1) is 11.3 Å². The molecule has 4 aromatic rings. The first-order valence-corrected chi connectivity index (χ1v) is 11.3. The Labute approximate surface area is 186 Å². The van der Waals surface area contributed by atoms with Crippen molar-refractivity contribution in [3.8, 4) is 11.1 Å². The van der Waals surface area contributed by atoms with Gasteiger partial charge in [0.25, 0.3) is 0 Å². The molecule has 1 aromatic heterocycles. The van der Waals surface area contributed by atoms with E-state index in [0.717, 1.165) is 0 Å². The fourth-order valence-corrected chi connectivity index (χ4v) is 5.45. The van der Waals surface area contributed by atoms with Gasteiger partial charge in [-0.3, -0.25) is 0 Å². The van der Waals surface area contributed by atoms with Gasteiger partial charge in [-0.05, 0) is 52.3 Å². The van der Waals surface area contributed by atoms with E-state index in [4.69, 9.17) is 4.74 Å². The minimum Gasteiger partial charge on any atom is -0.449 e. The fourth-order valence-electron chi connectivity index (χ4n) is 4.31. The summed E-state index contributed by atoms with van der Waals surface area (Å²) in [4.78, 5) is 13.5. The molecule has 0 saturated carbocycles. The number of amides is 1. The van der Waals surface area contributed by atoms with E-state index in [2.05, 4.69) is 79.0 Å². The number of aryl methyl sites for hydroxylation is 1. The van der Waals surface area contributed by atoms with Crippen LogP contribution in [0.3, 0.4) is 0 Å². The Morgan fingerprint density at radius 1 is 0.968 bits per heavy atom. The van der Waals surface area contributed by atoms with Gasteiger partial charge in [0.1, 0.15) is 6.61 Å². The van der Waals surface area contributed by atoms with Gasteiger partial charge in [0, 0.05) is 22.0 Å². The van der Waals surface area contributed by atoms with Crippen molar-refractivity contribution in [1.29, 1.82) is 0 Å². The number of hydrogen-bond acceptors (Lipinski definition) is 3. The SMILES string of the molecule is Cc1c(C=CCNC(=O)OCC2c3ccccc3-c3ccccc32)sc2ccccc12. The third kappa shape index (κ3) is 3.75. The number of ether oxygens (including phenoxy) is 1. The van der Waals surface area contributed by atoms with Gasteiger partial charge in [-0.2, -0.15) is 0 Å². The molecule has 0 fully saturated rings. The van der Waals surface area contributed by atoms with Gasteiger partial charge in [0.2, 0.25) is 0 Å². The summed E-state index contributed by atoms with van der Waals surface area (Å²) >= 11 is 1.77. The minimum absolute atomic E-state index is 0.0786. The van der Waals surface area contributed by atoms with E-state index in [1.807, 2.05) is 18.2 Å². The molecular weight excluding hydrogens is 402 g/mol. The summed E-state index contributed by atoms with van der Waals surface area (Å²) in [6.45, 7) is 2.90. The van der Waals surface area contributed by atoms with E-state index in [-0.39, 0.29) is 12.0 Å². The van der Waals surface area contributed by atoms with E-state index in [9.17, 15) is 4.79 Å². The van der Waals surface area contributed by atoms with Crippen LogP contribution in [0.15, 0.2) is 78.9 Å². The first-order chi connectivity index (χ1) is 15.2. The minimum atomic E-state index is -0.389. The third-order valence-corrected chi connectivity index (χ3v) is 7.10. The van der Waals surface area contributed by atoms with Crippen molar-refractivity contribution in [1.82, 2.24) is 5.32 Å². The van der Waals surface area contributed by atoms with Gasteiger partial charge in [0.15, 0.2) is 0 Å². The summed E-state index contributed by atoms with van der Waals surface area (Å²) in [7, 11) is 0. The number of alkyl carbamates (subject to hydrolysis) is 1. The Balaban J connectivity index is 1.19. The van der Waals surface area contributed by atoms with Crippen LogP contribution in [0.2, 0.25) is 0 Å². The molecule has 3 aromatic carbocycles. The Morgan fingerprint density at radius 3 is 2.32 bits per heavy atom. The molecule has 154 valence electrons. The number of nitrogens with one attached hydrogen (secondary N) is 1. The van der Waals surface area contributed by atoms with Crippen LogP contribution in [0, 0.1) is 6.92 Å². The highest BCUT2D eigenvalue weighted by atomic mass is 32.1. The normalized spacial score (nSPS) is 12.8. The summed E-state index contributed by atoms with van der Waals surface area (Å²) < 4.78 is 6.86. The molecule has 0 saturated heterocycles. The molecule has 1 amide bonds. The lowest BCUT2D eigenvalue weighted by molar-refractivity contribution is 0.144. The Bertz CT molecular complexity index is 1240. The molecule has 5 rings (SSSR count). The van der Waals surface area contributed by atoms with Crippen LogP contribution in [0.4, 0.5) is 4.79 Å². The van der Waals surface area contributed by atoms with E-state index in [0.29, 0.717) is 13.2 Å². The van der Waals surface area contributed by atoms with Gasteiger partial charge in [-0.1, -0.05) is 72.8 Å². The summed E-state index contributed by atoms with van der Waals surface area (Å²) in [6.07, 6.45) is 3.66. The van der Waals surface area contributed by atoms with Crippen LogP contribution in [0.5, 0.6) is 0 Å². The van der Waals surface area contributed by atoms with E-state index in [1.165, 1.54) is 42.8 Å². The second-order valence-corrected chi connectivity index (χ2v) is 8.78. The molecule has 0 atom stereocenters. The summed E-state index contributed by atoms with van der Waals surface area (Å²) in [6, 6.07) is 25.1. The molecule has 1 heterocycles. The Kier molecular flexibility index (Phi) is 5.31.